The number of benzene rings is 2. The van der Waals surface area contributed by atoms with E-state index in [2.05, 4.69) is 5.10 Å². The average Bonchev–Trinajstić information content (AvgIpc) is 3.01. The summed E-state index contributed by atoms with van der Waals surface area (Å²) in [6.07, 6.45) is 1.84. The van der Waals surface area contributed by atoms with Crippen LogP contribution >= 0.6 is 0 Å². The molecule has 1 N–H and O–H groups in total. The van der Waals surface area contributed by atoms with Crippen molar-refractivity contribution < 1.29 is 9.90 Å². The first-order chi connectivity index (χ1) is 11.6. The highest BCUT2D eigenvalue weighted by atomic mass is 16.3. The molecule has 4 nitrogen and oxygen atoms in total. The van der Waals surface area contributed by atoms with Gasteiger partial charge in [-0.2, -0.15) is 5.10 Å². The molecule has 1 atom stereocenters. The van der Waals surface area contributed by atoms with Gasteiger partial charge < -0.3 is 5.11 Å². The highest BCUT2D eigenvalue weighted by Gasteiger charge is 2.33. The van der Waals surface area contributed by atoms with Gasteiger partial charge in [-0.25, -0.2) is 5.01 Å². The molecule has 0 aliphatic carbocycles. The molecule has 0 aromatic heterocycles. The van der Waals surface area contributed by atoms with E-state index in [1.165, 1.54) is 5.56 Å². The molecule has 1 aliphatic rings. The second kappa shape index (κ2) is 6.87. The van der Waals surface area contributed by atoms with Gasteiger partial charge in [0.05, 0.1) is 11.8 Å². The van der Waals surface area contributed by atoms with Gasteiger partial charge in [-0.1, -0.05) is 55.0 Å². The number of amides is 1. The molecule has 24 heavy (non-hydrogen) atoms. The SMILES string of the molecule is CCCC(=O)N1N=C(c2ccc(C)cc2)C[C@H]1c1ccccc1O. The minimum Gasteiger partial charge on any atom is -0.508 e. The second-order valence-electron chi connectivity index (χ2n) is 6.18. The summed E-state index contributed by atoms with van der Waals surface area (Å²) >= 11 is 0. The van der Waals surface area contributed by atoms with Crippen molar-refractivity contribution in [1.82, 2.24) is 5.01 Å². The van der Waals surface area contributed by atoms with Gasteiger partial charge >= 0.3 is 0 Å². The molecule has 4 heteroatoms. The zero-order valence-electron chi connectivity index (χ0n) is 14.1. The molecule has 1 amide bonds. The maximum atomic E-state index is 12.5. The van der Waals surface area contributed by atoms with Gasteiger partial charge in [-0.05, 0) is 25.0 Å². The third kappa shape index (κ3) is 3.18. The number of para-hydroxylation sites is 1. The van der Waals surface area contributed by atoms with Gasteiger partial charge in [0, 0.05) is 18.4 Å². The molecular weight excluding hydrogens is 300 g/mol. The van der Waals surface area contributed by atoms with Gasteiger partial charge in [0.15, 0.2) is 0 Å². The molecule has 0 radical (unpaired) electrons. The number of phenolic OH excluding ortho intramolecular Hbond substituents is 1. The Balaban J connectivity index is 1.96. The minimum atomic E-state index is -0.249. The number of phenols is 1. The van der Waals surface area contributed by atoms with E-state index in [-0.39, 0.29) is 17.7 Å². The summed E-state index contributed by atoms with van der Waals surface area (Å²) in [5.41, 5.74) is 3.84. The number of hydrazone groups is 1. The molecule has 1 heterocycles. The Labute approximate surface area is 142 Å². The zero-order valence-corrected chi connectivity index (χ0v) is 14.1. The smallest absolute Gasteiger partial charge is 0.243 e. The van der Waals surface area contributed by atoms with E-state index in [0.29, 0.717) is 12.8 Å². The third-order valence-corrected chi connectivity index (χ3v) is 4.31. The molecule has 0 spiro atoms. The molecule has 0 saturated carbocycles. The number of carbonyl (C=O) groups excluding carboxylic acids is 1. The second-order valence-corrected chi connectivity index (χ2v) is 6.18. The summed E-state index contributed by atoms with van der Waals surface area (Å²) in [5.74, 6) is 0.199. The third-order valence-electron chi connectivity index (χ3n) is 4.31. The Morgan fingerprint density at radius 2 is 1.92 bits per heavy atom. The van der Waals surface area contributed by atoms with Crippen LogP contribution in [0.3, 0.4) is 0 Å². The van der Waals surface area contributed by atoms with Crippen LogP contribution in [0.5, 0.6) is 5.75 Å². The van der Waals surface area contributed by atoms with Crippen LogP contribution in [0.2, 0.25) is 0 Å². The predicted molar refractivity (Wildman–Crippen MR) is 94.9 cm³/mol. The number of rotatable bonds is 4. The van der Waals surface area contributed by atoms with E-state index >= 15 is 0 Å². The Morgan fingerprint density at radius 1 is 1.21 bits per heavy atom. The van der Waals surface area contributed by atoms with Crippen LogP contribution in [-0.4, -0.2) is 21.7 Å². The largest absolute Gasteiger partial charge is 0.508 e. The van der Waals surface area contributed by atoms with Crippen molar-refractivity contribution >= 4 is 11.6 Å². The van der Waals surface area contributed by atoms with Crippen LogP contribution in [0, 0.1) is 6.92 Å². The van der Waals surface area contributed by atoms with Crippen LogP contribution < -0.4 is 0 Å². The highest BCUT2D eigenvalue weighted by Crippen LogP contribution is 2.37. The number of aromatic hydroxyl groups is 1. The van der Waals surface area contributed by atoms with Gasteiger partial charge in [0.2, 0.25) is 5.91 Å². The molecule has 1 aliphatic heterocycles. The van der Waals surface area contributed by atoms with E-state index in [1.54, 1.807) is 17.1 Å². The lowest BCUT2D eigenvalue weighted by Crippen LogP contribution is -2.26. The summed E-state index contributed by atoms with van der Waals surface area (Å²) in [6, 6.07) is 15.1. The maximum absolute atomic E-state index is 12.5. The summed E-state index contributed by atoms with van der Waals surface area (Å²) < 4.78 is 0. The van der Waals surface area contributed by atoms with Crippen LogP contribution in [0.4, 0.5) is 0 Å². The van der Waals surface area contributed by atoms with Crippen LogP contribution in [-0.2, 0) is 4.79 Å². The molecule has 3 rings (SSSR count). The van der Waals surface area contributed by atoms with Gasteiger partial charge in [-0.3, -0.25) is 4.79 Å². The van der Waals surface area contributed by atoms with E-state index in [1.807, 2.05) is 50.2 Å². The molecular formula is C20H22N2O2. The van der Waals surface area contributed by atoms with Crippen LogP contribution in [0.1, 0.15) is 48.9 Å². The zero-order chi connectivity index (χ0) is 17.1. The van der Waals surface area contributed by atoms with E-state index in [9.17, 15) is 9.90 Å². The molecule has 2 aromatic carbocycles. The summed E-state index contributed by atoms with van der Waals surface area (Å²) in [4.78, 5) is 12.5. The Hall–Kier alpha value is -2.62. The molecule has 124 valence electrons. The van der Waals surface area contributed by atoms with E-state index in [4.69, 9.17) is 0 Å². The van der Waals surface area contributed by atoms with Crippen molar-refractivity contribution in [2.75, 3.05) is 0 Å². The first kappa shape index (κ1) is 16.2. The Morgan fingerprint density at radius 3 is 2.58 bits per heavy atom. The first-order valence-corrected chi connectivity index (χ1v) is 8.34. The van der Waals surface area contributed by atoms with Gasteiger partial charge in [0.25, 0.3) is 0 Å². The Kier molecular flexibility index (Phi) is 4.65. The summed E-state index contributed by atoms with van der Waals surface area (Å²) in [6.45, 7) is 4.02. The fourth-order valence-corrected chi connectivity index (χ4v) is 3.00. The number of hydrogen-bond donors (Lipinski definition) is 1. The molecule has 0 fully saturated rings. The summed E-state index contributed by atoms with van der Waals surface area (Å²) in [7, 11) is 0. The average molecular weight is 322 g/mol. The van der Waals surface area contributed by atoms with Crippen molar-refractivity contribution in [2.24, 2.45) is 5.10 Å². The van der Waals surface area contributed by atoms with Crippen molar-refractivity contribution in [3.05, 3.63) is 65.2 Å². The van der Waals surface area contributed by atoms with Crippen molar-refractivity contribution in [3.63, 3.8) is 0 Å². The van der Waals surface area contributed by atoms with Crippen LogP contribution in [0.15, 0.2) is 53.6 Å². The van der Waals surface area contributed by atoms with Gasteiger partial charge in [-0.15, -0.1) is 0 Å². The van der Waals surface area contributed by atoms with Crippen LogP contribution in [0.25, 0.3) is 0 Å². The number of carbonyl (C=O) groups is 1. The minimum absolute atomic E-state index is 0.00661. The standard InChI is InChI=1S/C20H22N2O2/c1-3-6-20(24)22-18(16-7-4-5-8-19(16)23)13-17(21-22)15-11-9-14(2)10-12-15/h4-5,7-12,18,23H,3,6,13H2,1-2H3/t18-/m0/s1. The molecule has 2 aromatic rings. The van der Waals surface area contributed by atoms with Crippen molar-refractivity contribution in [2.45, 2.75) is 39.2 Å². The quantitative estimate of drug-likeness (QED) is 0.918. The predicted octanol–water partition coefficient (Wildman–Crippen LogP) is 4.18. The first-order valence-electron chi connectivity index (χ1n) is 8.34. The lowest BCUT2D eigenvalue weighted by atomic mass is 9.97. The topological polar surface area (TPSA) is 52.9 Å². The normalized spacial score (nSPS) is 17.0. The molecule has 0 bridgehead atoms. The Bertz CT molecular complexity index is 765. The lowest BCUT2D eigenvalue weighted by molar-refractivity contribution is -0.133. The number of aryl methyl sites for hydroxylation is 1. The molecule has 0 unspecified atom stereocenters. The summed E-state index contributed by atoms with van der Waals surface area (Å²) in [5, 5.41) is 16.3. The number of hydrogen-bond acceptors (Lipinski definition) is 3. The van der Waals surface area contributed by atoms with Crippen molar-refractivity contribution in [1.29, 1.82) is 0 Å². The lowest BCUT2D eigenvalue weighted by Gasteiger charge is -2.22. The van der Waals surface area contributed by atoms with Crippen molar-refractivity contribution in [3.8, 4) is 5.75 Å². The fraction of sp³-hybridized carbons (Fsp3) is 0.300. The number of nitrogens with zero attached hydrogens (tertiary/aromatic N) is 2. The van der Waals surface area contributed by atoms with E-state index < -0.39 is 0 Å². The maximum Gasteiger partial charge on any atom is 0.243 e. The monoisotopic (exact) mass is 322 g/mol. The van der Waals surface area contributed by atoms with Gasteiger partial charge in [0.1, 0.15) is 5.75 Å². The fourth-order valence-electron chi connectivity index (χ4n) is 3.00. The molecule has 0 saturated heterocycles. The highest BCUT2D eigenvalue weighted by molar-refractivity contribution is 6.03. The van der Waals surface area contributed by atoms with E-state index in [0.717, 1.165) is 23.3 Å².